The lowest BCUT2D eigenvalue weighted by molar-refractivity contribution is -0.197. The van der Waals surface area contributed by atoms with Crippen molar-refractivity contribution < 1.29 is 57.7 Å². The summed E-state index contributed by atoms with van der Waals surface area (Å²) in [6, 6.07) is -1.03. The van der Waals surface area contributed by atoms with Gasteiger partial charge in [0, 0.05) is 44.4 Å². The third-order valence-corrected chi connectivity index (χ3v) is 5.32. The van der Waals surface area contributed by atoms with Crippen LogP contribution in [0.1, 0.15) is 38.5 Å². The number of carboxylic acid groups (broad SMARTS) is 1. The second-order valence-corrected chi connectivity index (χ2v) is 8.45. The van der Waals surface area contributed by atoms with Crippen LogP contribution in [0.25, 0.3) is 0 Å². The van der Waals surface area contributed by atoms with Crippen molar-refractivity contribution in [2.24, 2.45) is 0 Å². The maximum absolute atomic E-state index is 11.8. The van der Waals surface area contributed by atoms with Crippen LogP contribution in [-0.2, 0) is 52.6 Å². The summed E-state index contributed by atoms with van der Waals surface area (Å²) < 4.78 is 21.3. The Morgan fingerprint density at radius 2 is 1.33 bits per heavy atom. The van der Waals surface area contributed by atoms with E-state index in [2.05, 4.69) is 23.3 Å². The largest absolute Gasteiger partial charge is 0.480 e. The molecule has 1 aliphatic heterocycles. The van der Waals surface area contributed by atoms with Crippen molar-refractivity contribution in [2.75, 3.05) is 65.2 Å². The molecule has 0 aromatic carbocycles. The first-order valence-corrected chi connectivity index (χ1v) is 13.1. The molecule has 1 rings (SSSR count). The Morgan fingerprint density at radius 3 is 1.87 bits per heavy atom. The van der Waals surface area contributed by atoms with E-state index in [1.807, 2.05) is 0 Å². The fourth-order valence-corrected chi connectivity index (χ4v) is 3.18. The maximum Gasteiger partial charge on any atom is 0.333 e. The van der Waals surface area contributed by atoms with E-state index in [9.17, 15) is 28.8 Å². The Balaban J connectivity index is 1.83. The standard InChI is InChI=1S/C23H37N3O12S/c27-18(2-1-3-22(31)38-26-20(29)4-5-21(26)30)24-7-9-35-11-13-37-15-14-36-12-10-34-8-6-19(28)25-17(16-39)23(32)33/h17,39H,1-16H2,(H,24,27)(H,25,28)(H,32,33)/t17-/m0/s1. The molecule has 0 bridgehead atoms. The molecule has 0 spiro atoms. The van der Waals surface area contributed by atoms with Crippen LogP contribution >= 0.6 is 12.6 Å². The van der Waals surface area contributed by atoms with E-state index < -0.39 is 35.7 Å². The topological polar surface area (TPSA) is 196 Å². The van der Waals surface area contributed by atoms with E-state index in [1.165, 1.54) is 0 Å². The van der Waals surface area contributed by atoms with Crippen molar-refractivity contribution in [1.82, 2.24) is 15.7 Å². The molecule has 1 heterocycles. The highest BCUT2D eigenvalue weighted by Gasteiger charge is 2.32. The van der Waals surface area contributed by atoms with Gasteiger partial charge in [-0.25, -0.2) is 9.59 Å². The van der Waals surface area contributed by atoms with Crippen molar-refractivity contribution in [2.45, 2.75) is 44.6 Å². The van der Waals surface area contributed by atoms with Crippen LogP contribution in [0.15, 0.2) is 0 Å². The summed E-state index contributed by atoms with van der Waals surface area (Å²) in [6.07, 6.45) is 0.291. The Labute approximate surface area is 231 Å². The van der Waals surface area contributed by atoms with Crippen LogP contribution in [0, 0.1) is 0 Å². The SMILES string of the molecule is O=C(CCCC(=O)ON1C(=O)CCC1=O)NCCOCCOCCOCCOCCC(=O)N[C@@H](CS)C(=O)O. The third-order valence-electron chi connectivity index (χ3n) is 4.96. The molecule has 0 unspecified atom stereocenters. The van der Waals surface area contributed by atoms with Gasteiger partial charge >= 0.3 is 11.9 Å². The normalized spacial score (nSPS) is 13.8. The molecule has 15 nitrogen and oxygen atoms in total. The fraction of sp³-hybridized carbons (Fsp3) is 0.739. The molecule has 16 heteroatoms. The molecule has 1 fully saturated rings. The Morgan fingerprint density at radius 1 is 0.795 bits per heavy atom. The molecule has 39 heavy (non-hydrogen) atoms. The molecule has 3 N–H and O–H groups in total. The van der Waals surface area contributed by atoms with Crippen LogP contribution < -0.4 is 10.6 Å². The van der Waals surface area contributed by atoms with Crippen molar-refractivity contribution in [3.63, 3.8) is 0 Å². The van der Waals surface area contributed by atoms with Crippen molar-refractivity contribution >= 4 is 48.2 Å². The van der Waals surface area contributed by atoms with Gasteiger partial charge in [0.05, 0.1) is 52.9 Å². The summed E-state index contributed by atoms with van der Waals surface area (Å²) in [5, 5.41) is 14.3. The summed E-state index contributed by atoms with van der Waals surface area (Å²) in [5.41, 5.74) is 0. The number of hydroxylamine groups is 2. The van der Waals surface area contributed by atoms with Gasteiger partial charge < -0.3 is 39.5 Å². The molecule has 0 aromatic rings. The van der Waals surface area contributed by atoms with E-state index in [1.54, 1.807) is 0 Å². The van der Waals surface area contributed by atoms with Crippen LogP contribution in [0.3, 0.4) is 0 Å². The minimum Gasteiger partial charge on any atom is -0.480 e. The average Bonchev–Trinajstić information content (AvgIpc) is 3.21. The fourth-order valence-electron chi connectivity index (χ4n) is 2.93. The number of rotatable bonds is 23. The van der Waals surface area contributed by atoms with Gasteiger partial charge in [-0.05, 0) is 6.42 Å². The highest BCUT2D eigenvalue weighted by atomic mass is 32.1. The first-order chi connectivity index (χ1) is 18.7. The molecule has 222 valence electrons. The lowest BCUT2D eigenvalue weighted by Crippen LogP contribution is -2.42. The number of amides is 4. The van der Waals surface area contributed by atoms with Crippen molar-refractivity contribution in [3.8, 4) is 0 Å². The summed E-state index contributed by atoms with van der Waals surface area (Å²) >= 11 is 3.86. The van der Waals surface area contributed by atoms with E-state index in [4.69, 9.17) is 28.9 Å². The van der Waals surface area contributed by atoms with E-state index >= 15 is 0 Å². The van der Waals surface area contributed by atoms with Gasteiger partial charge in [0.2, 0.25) is 11.8 Å². The minimum absolute atomic E-state index is 0.00243. The molecule has 0 saturated carbocycles. The van der Waals surface area contributed by atoms with Crippen molar-refractivity contribution in [3.05, 3.63) is 0 Å². The van der Waals surface area contributed by atoms with Gasteiger partial charge in [-0.1, -0.05) is 0 Å². The zero-order valence-corrected chi connectivity index (χ0v) is 22.6. The molecular weight excluding hydrogens is 542 g/mol. The molecule has 1 atom stereocenters. The molecule has 1 saturated heterocycles. The zero-order valence-electron chi connectivity index (χ0n) is 21.7. The number of carbonyl (C=O) groups excluding carboxylic acids is 5. The highest BCUT2D eigenvalue weighted by molar-refractivity contribution is 7.80. The van der Waals surface area contributed by atoms with Gasteiger partial charge in [0.25, 0.3) is 11.8 Å². The van der Waals surface area contributed by atoms with Gasteiger partial charge in [-0.2, -0.15) is 12.6 Å². The van der Waals surface area contributed by atoms with Gasteiger partial charge in [0.15, 0.2) is 0 Å². The second-order valence-electron chi connectivity index (χ2n) is 8.09. The Hall–Kier alpha value is -2.79. The number of nitrogens with one attached hydrogen (secondary N) is 2. The van der Waals surface area contributed by atoms with Crippen LogP contribution in [0.2, 0.25) is 0 Å². The first kappa shape index (κ1) is 34.2. The molecule has 0 aliphatic carbocycles. The quantitative estimate of drug-likeness (QED) is 0.0645. The van der Waals surface area contributed by atoms with Crippen LogP contribution in [0.5, 0.6) is 0 Å². The predicted octanol–water partition coefficient (Wildman–Crippen LogP) is -1.16. The summed E-state index contributed by atoms with van der Waals surface area (Å²) in [7, 11) is 0. The Kier molecular flexibility index (Phi) is 18.5. The minimum atomic E-state index is -1.14. The third kappa shape index (κ3) is 16.7. The lowest BCUT2D eigenvalue weighted by Gasteiger charge is -2.12. The van der Waals surface area contributed by atoms with Crippen LogP contribution in [-0.4, -0.2) is 117 Å². The maximum atomic E-state index is 11.8. The zero-order chi connectivity index (χ0) is 28.9. The van der Waals surface area contributed by atoms with E-state index in [-0.39, 0.29) is 70.0 Å². The smallest absolute Gasteiger partial charge is 0.333 e. The first-order valence-electron chi connectivity index (χ1n) is 12.5. The Bertz CT molecular complexity index is 797. The molecule has 1 aliphatic rings. The number of ether oxygens (including phenoxy) is 4. The number of aliphatic carboxylic acids is 1. The average molecular weight is 580 g/mol. The number of hydrogen-bond acceptors (Lipinski definition) is 12. The number of thiol groups is 1. The van der Waals surface area contributed by atoms with E-state index in [0.717, 1.165) is 0 Å². The lowest BCUT2D eigenvalue weighted by atomic mass is 10.2. The second kappa shape index (κ2) is 21.1. The molecule has 0 aromatic heterocycles. The predicted molar refractivity (Wildman–Crippen MR) is 135 cm³/mol. The summed E-state index contributed by atoms with van der Waals surface area (Å²) in [5.74, 6) is -3.67. The highest BCUT2D eigenvalue weighted by Crippen LogP contribution is 2.13. The monoisotopic (exact) mass is 579 g/mol. The number of carboxylic acids is 1. The molecular formula is C23H37N3O12S. The number of hydrogen-bond donors (Lipinski definition) is 4. The molecule has 0 radical (unpaired) electrons. The number of nitrogens with zero attached hydrogens (tertiary/aromatic N) is 1. The summed E-state index contributed by atoms with van der Waals surface area (Å²) in [6.45, 7) is 2.69. The van der Waals surface area contributed by atoms with Gasteiger partial charge in [0.1, 0.15) is 6.04 Å². The van der Waals surface area contributed by atoms with E-state index in [0.29, 0.717) is 44.6 Å². The van der Waals surface area contributed by atoms with Gasteiger partial charge in [-0.15, -0.1) is 5.06 Å². The number of imide groups is 1. The van der Waals surface area contributed by atoms with Crippen LogP contribution in [0.4, 0.5) is 0 Å². The molecule has 4 amide bonds. The number of carbonyl (C=O) groups is 6. The van der Waals surface area contributed by atoms with Gasteiger partial charge in [-0.3, -0.25) is 19.2 Å². The summed E-state index contributed by atoms with van der Waals surface area (Å²) in [4.78, 5) is 73.3. The van der Waals surface area contributed by atoms with Crippen molar-refractivity contribution in [1.29, 1.82) is 0 Å².